The number of nitrogens with zero attached hydrogens (tertiary/aromatic N) is 3. The van der Waals surface area contributed by atoms with Crippen LogP contribution in [0, 0.1) is 5.92 Å². The van der Waals surface area contributed by atoms with Gasteiger partial charge < -0.3 is 10.6 Å². The molecule has 82 valence electrons. The Morgan fingerprint density at radius 2 is 2.13 bits per heavy atom. The summed E-state index contributed by atoms with van der Waals surface area (Å²) in [6.07, 6.45) is 3.94. The molecular formula is C10H15ClN4. The quantitative estimate of drug-likeness (QED) is 0.744. The molecule has 1 aromatic heterocycles. The van der Waals surface area contributed by atoms with Crippen molar-refractivity contribution in [3.8, 4) is 0 Å². The van der Waals surface area contributed by atoms with Crippen molar-refractivity contribution in [2.24, 2.45) is 5.92 Å². The lowest BCUT2D eigenvalue weighted by Crippen LogP contribution is -2.34. The number of aromatic nitrogens is 2. The summed E-state index contributed by atoms with van der Waals surface area (Å²) >= 11 is 5.76. The molecule has 2 N–H and O–H groups in total. The van der Waals surface area contributed by atoms with E-state index in [1.807, 2.05) is 0 Å². The number of nitrogens with two attached hydrogens (primary N) is 1. The number of halogens is 1. The normalized spacial score (nSPS) is 18.1. The molecule has 0 amide bonds. The highest BCUT2D eigenvalue weighted by Crippen LogP contribution is 2.26. The first-order valence-electron chi connectivity index (χ1n) is 5.20. The molecule has 1 fully saturated rings. The maximum Gasteiger partial charge on any atom is 0.224 e. The fourth-order valence-electron chi connectivity index (χ4n) is 1.84. The van der Waals surface area contributed by atoms with Gasteiger partial charge in [-0.3, -0.25) is 0 Å². The van der Waals surface area contributed by atoms with E-state index in [0.29, 0.717) is 5.69 Å². The minimum Gasteiger partial charge on any atom is -0.394 e. The Hall–Kier alpha value is -1.03. The van der Waals surface area contributed by atoms with Crippen molar-refractivity contribution < 1.29 is 0 Å². The van der Waals surface area contributed by atoms with Crippen LogP contribution in [0.3, 0.4) is 0 Å². The van der Waals surface area contributed by atoms with Crippen LogP contribution in [0.15, 0.2) is 6.20 Å². The van der Waals surface area contributed by atoms with Crippen LogP contribution in [-0.4, -0.2) is 23.1 Å². The lowest BCUT2D eigenvalue weighted by molar-refractivity contribution is 0.437. The molecule has 1 saturated heterocycles. The van der Waals surface area contributed by atoms with Gasteiger partial charge in [0.2, 0.25) is 5.28 Å². The zero-order chi connectivity index (χ0) is 10.8. The van der Waals surface area contributed by atoms with Crippen LogP contribution >= 0.6 is 11.6 Å². The molecule has 0 aromatic carbocycles. The van der Waals surface area contributed by atoms with Crippen molar-refractivity contribution in [2.45, 2.75) is 19.8 Å². The zero-order valence-electron chi connectivity index (χ0n) is 8.78. The molecule has 4 nitrogen and oxygen atoms in total. The topological polar surface area (TPSA) is 55.0 Å². The number of nitrogen functional groups attached to an aromatic ring is 1. The van der Waals surface area contributed by atoms with Gasteiger partial charge in [0, 0.05) is 13.1 Å². The summed E-state index contributed by atoms with van der Waals surface area (Å²) in [5.74, 6) is 1.57. The van der Waals surface area contributed by atoms with Gasteiger partial charge in [-0.1, -0.05) is 6.92 Å². The van der Waals surface area contributed by atoms with E-state index >= 15 is 0 Å². The Morgan fingerprint density at radius 1 is 1.47 bits per heavy atom. The molecule has 5 heteroatoms. The van der Waals surface area contributed by atoms with Gasteiger partial charge in [-0.2, -0.15) is 4.98 Å². The van der Waals surface area contributed by atoms with Gasteiger partial charge in [-0.15, -0.1) is 0 Å². The van der Waals surface area contributed by atoms with Gasteiger partial charge in [0.05, 0.1) is 11.9 Å². The second kappa shape index (κ2) is 4.23. The molecule has 1 aromatic rings. The van der Waals surface area contributed by atoms with Gasteiger partial charge in [0.15, 0.2) is 5.82 Å². The Morgan fingerprint density at radius 3 is 2.80 bits per heavy atom. The average molecular weight is 227 g/mol. The zero-order valence-corrected chi connectivity index (χ0v) is 9.54. The molecule has 0 radical (unpaired) electrons. The van der Waals surface area contributed by atoms with Crippen molar-refractivity contribution in [2.75, 3.05) is 23.7 Å². The second-order valence-corrected chi connectivity index (χ2v) is 4.43. The minimum absolute atomic E-state index is 0.262. The van der Waals surface area contributed by atoms with E-state index in [1.54, 1.807) is 6.20 Å². The predicted octanol–water partition coefficient (Wildman–Crippen LogP) is 1.95. The average Bonchev–Trinajstić information content (AvgIpc) is 2.23. The molecule has 15 heavy (non-hydrogen) atoms. The van der Waals surface area contributed by atoms with Crippen molar-refractivity contribution in [1.82, 2.24) is 9.97 Å². The van der Waals surface area contributed by atoms with Crippen LogP contribution in [-0.2, 0) is 0 Å². The largest absolute Gasteiger partial charge is 0.394 e. The molecule has 0 saturated carbocycles. The smallest absolute Gasteiger partial charge is 0.224 e. The highest BCUT2D eigenvalue weighted by Gasteiger charge is 2.19. The highest BCUT2D eigenvalue weighted by atomic mass is 35.5. The summed E-state index contributed by atoms with van der Waals surface area (Å²) in [6, 6.07) is 0. The maximum atomic E-state index is 5.83. The van der Waals surface area contributed by atoms with Crippen LogP contribution in [0.2, 0.25) is 5.28 Å². The van der Waals surface area contributed by atoms with Gasteiger partial charge in [-0.25, -0.2) is 4.98 Å². The molecule has 2 rings (SSSR count). The summed E-state index contributed by atoms with van der Waals surface area (Å²) in [4.78, 5) is 10.2. The maximum absolute atomic E-state index is 5.83. The minimum atomic E-state index is 0.262. The summed E-state index contributed by atoms with van der Waals surface area (Å²) in [7, 11) is 0. The van der Waals surface area contributed by atoms with E-state index in [-0.39, 0.29) is 5.28 Å². The van der Waals surface area contributed by atoms with E-state index in [0.717, 1.165) is 24.8 Å². The third kappa shape index (κ3) is 2.31. The number of hydrogen-bond donors (Lipinski definition) is 1. The lowest BCUT2D eigenvalue weighted by atomic mass is 9.99. The van der Waals surface area contributed by atoms with E-state index < -0.39 is 0 Å². The molecule has 2 heterocycles. The third-order valence-corrected chi connectivity index (χ3v) is 3.03. The first kappa shape index (κ1) is 10.5. The van der Waals surface area contributed by atoms with Crippen LogP contribution in [0.4, 0.5) is 11.5 Å². The highest BCUT2D eigenvalue weighted by molar-refractivity contribution is 6.28. The standard InChI is InChI=1S/C10H15ClN4/c1-7-2-4-15(5-3-7)9-8(12)6-13-10(11)14-9/h6-7H,2-5,12H2,1H3. The van der Waals surface area contributed by atoms with Crippen LogP contribution in [0.1, 0.15) is 19.8 Å². The predicted molar refractivity (Wildman–Crippen MR) is 62.1 cm³/mol. The summed E-state index contributed by atoms with van der Waals surface area (Å²) in [6.45, 7) is 4.27. The van der Waals surface area contributed by atoms with Gasteiger partial charge in [-0.05, 0) is 30.4 Å². The Labute approximate surface area is 94.5 Å². The SMILES string of the molecule is CC1CCN(c2nc(Cl)ncc2N)CC1. The number of anilines is 2. The van der Waals surface area contributed by atoms with E-state index in [2.05, 4.69) is 21.8 Å². The summed E-state index contributed by atoms with van der Waals surface area (Å²) in [5.41, 5.74) is 6.44. The summed E-state index contributed by atoms with van der Waals surface area (Å²) in [5, 5.41) is 0.262. The number of hydrogen-bond acceptors (Lipinski definition) is 4. The van der Waals surface area contributed by atoms with Crippen molar-refractivity contribution >= 4 is 23.1 Å². The monoisotopic (exact) mass is 226 g/mol. The van der Waals surface area contributed by atoms with Crippen molar-refractivity contribution in [1.29, 1.82) is 0 Å². The van der Waals surface area contributed by atoms with Crippen LogP contribution < -0.4 is 10.6 Å². The Bertz CT molecular complexity index is 347. The van der Waals surface area contributed by atoms with E-state index in [4.69, 9.17) is 17.3 Å². The molecule has 0 bridgehead atoms. The molecule has 0 unspecified atom stereocenters. The first-order chi connectivity index (χ1) is 7.16. The molecule has 0 aliphatic carbocycles. The number of rotatable bonds is 1. The molecule has 0 spiro atoms. The van der Waals surface area contributed by atoms with Crippen molar-refractivity contribution in [3.05, 3.63) is 11.5 Å². The fourth-order valence-corrected chi connectivity index (χ4v) is 1.96. The molecule has 1 aliphatic rings. The third-order valence-electron chi connectivity index (χ3n) is 2.85. The van der Waals surface area contributed by atoms with Crippen LogP contribution in [0.5, 0.6) is 0 Å². The van der Waals surface area contributed by atoms with Crippen LogP contribution in [0.25, 0.3) is 0 Å². The van der Waals surface area contributed by atoms with E-state index in [9.17, 15) is 0 Å². The molecule has 1 aliphatic heterocycles. The summed E-state index contributed by atoms with van der Waals surface area (Å²) < 4.78 is 0. The fraction of sp³-hybridized carbons (Fsp3) is 0.600. The Balaban J connectivity index is 2.18. The lowest BCUT2D eigenvalue weighted by Gasteiger charge is -2.31. The van der Waals surface area contributed by atoms with Gasteiger partial charge in [0.1, 0.15) is 0 Å². The molecule has 0 atom stereocenters. The molecular weight excluding hydrogens is 212 g/mol. The van der Waals surface area contributed by atoms with E-state index in [1.165, 1.54) is 12.8 Å². The van der Waals surface area contributed by atoms with Crippen molar-refractivity contribution in [3.63, 3.8) is 0 Å². The Kier molecular flexibility index (Phi) is 2.95. The second-order valence-electron chi connectivity index (χ2n) is 4.09. The first-order valence-corrected chi connectivity index (χ1v) is 5.57. The van der Waals surface area contributed by atoms with Gasteiger partial charge in [0.25, 0.3) is 0 Å². The number of piperidine rings is 1. The van der Waals surface area contributed by atoms with Gasteiger partial charge >= 0.3 is 0 Å².